The van der Waals surface area contributed by atoms with Gasteiger partial charge in [-0.25, -0.2) is 13.8 Å². The fourth-order valence-corrected chi connectivity index (χ4v) is 2.39. The number of piperidine rings is 1. The number of carbonyl (C=O) groups is 1. The van der Waals surface area contributed by atoms with Crippen molar-refractivity contribution in [3.8, 4) is 0 Å². The molecule has 104 valence electrons. The van der Waals surface area contributed by atoms with Gasteiger partial charge < -0.3 is 9.64 Å². The summed E-state index contributed by atoms with van der Waals surface area (Å²) in [6.45, 7) is 0.608. The first-order valence-corrected chi connectivity index (χ1v) is 6.26. The lowest BCUT2D eigenvalue weighted by Crippen LogP contribution is -2.42. The fraction of sp³-hybridized carbons (Fsp3) is 0.538. The molecule has 2 heterocycles. The van der Waals surface area contributed by atoms with Gasteiger partial charge in [0.15, 0.2) is 11.6 Å². The fourth-order valence-electron chi connectivity index (χ4n) is 2.39. The van der Waals surface area contributed by atoms with E-state index in [1.807, 2.05) is 0 Å². The van der Waals surface area contributed by atoms with E-state index in [0.29, 0.717) is 6.54 Å². The predicted molar refractivity (Wildman–Crippen MR) is 65.8 cm³/mol. The van der Waals surface area contributed by atoms with Crippen molar-refractivity contribution in [1.29, 1.82) is 0 Å². The third-order valence-corrected chi connectivity index (χ3v) is 3.32. The molecule has 0 aliphatic carbocycles. The molecule has 0 saturated carbocycles. The van der Waals surface area contributed by atoms with Crippen molar-refractivity contribution >= 4 is 11.8 Å². The number of nitrogens with zero attached hydrogens (tertiary/aromatic N) is 2. The van der Waals surface area contributed by atoms with E-state index in [-0.39, 0.29) is 24.2 Å². The van der Waals surface area contributed by atoms with E-state index in [9.17, 15) is 13.6 Å². The Bertz CT molecular complexity index is 468. The van der Waals surface area contributed by atoms with E-state index in [2.05, 4.69) is 9.72 Å². The number of aromatic nitrogens is 1. The number of rotatable bonds is 3. The van der Waals surface area contributed by atoms with Gasteiger partial charge in [-0.05, 0) is 19.3 Å². The van der Waals surface area contributed by atoms with E-state index in [4.69, 9.17) is 0 Å². The Hall–Kier alpha value is -1.72. The summed E-state index contributed by atoms with van der Waals surface area (Å²) in [4.78, 5) is 16.9. The zero-order chi connectivity index (χ0) is 13.8. The summed E-state index contributed by atoms with van der Waals surface area (Å²) in [5.74, 6) is -1.63. The number of hydrogen-bond acceptors (Lipinski definition) is 4. The van der Waals surface area contributed by atoms with E-state index >= 15 is 0 Å². The maximum absolute atomic E-state index is 13.8. The molecular weight excluding hydrogens is 254 g/mol. The second-order valence-corrected chi connectivity index (χ2v) is 4.58. The maximum atomic E-state index is 13.8. The van der Waals surface area contributed by atoms with Gasteiger partial charge in [-0.2, -0.15) is 0 Å². The standard InChI is InChI=1S/C13H16F2N2O2/c1-19-12(18)7-10-4-2-3-5-17(10)13-11(15)6-9(14)8-16-13/h6,8,10H,2-5,7H2,1H3. The van der Waals surface area contributed by atoms with Gasteiger partial charge in [-0.1, -0.05) is 0 Å². The van der Waals surface area contributed by atoms with Crippen molar-refractivity contribution in [2.24, 2.45) is 0 Å². The topological polar surface area (TPSA) is 42.4 Å². The molecular formula is C13H16F2N2O2. The maximum Gasteiger partial charge on any atom is 0.307 e. The van der Waals surface area contributed by atoms with E-state index in [0.717, 1.165) is 31.5 Å². The highest BCUT2D eigenvalue weighted by atomic mass is 19.1. The molecule has 19 heavy (non-hydrogen) atoms. The molecule has 0 amide bonds. The number of halogens is 2. The Kier molecular flexibility index (Phi) is 4.29. The quantitative estimate of drug-likeness (QED) is 0.790. The van der Waals surface area contributed by atoms with Gasteiger partial charge in [-0.15, -0.1) is 0 Å². The molecule has 1 aromatic rings. The van der Waals surface area contributed by atoms with Crippen LogP contribution >= 0.6 is 0 Å². The minimum absolute atomic E-state index is 0.106. The number of hydrogen-bond donors (Lipinski definition) is 0. The van der Waals surface area contributed by atoms with Crippen LogP contribution in [0.15, 0.2) is 12.3 Å². The van der Waals surface area contributed by atoms with Crippen molar-refractivity contribution < 1.29 is 18.3 Å². The van der Waals surface area contributed by atoms with E-state index in [1.165, 1.54) is 7.11 Å². The molecule has 1 atom stereocenters. The molecule has 1 fully saturated rings. The average Bonchev–Trinajstić information content (AvgIpc) is 2.40. The van der Waals surface area contributed by atoms with Crippen LogP contribution in [-0.4, -0.2) is 30.6 Å². The molecule has 0 spiro atoms. The average molecular weight is 270 g/mol. The number of esters is 1. The van der Waals surface area contributed by atoms with Gasteiger partial charge in [0.2, 0.25) is 0 Å². The summed E-state index contributed by atoms with van der Waals surface area (Å²) in [7, 11) is 1.33. The summed E-state index contributed by atoms with van der Waals surface area (Å²) in [6.07, 6.45) is 3.82. The lowest BCUT2D eigenvalue weighted by atomic mass is 9.99. The SMILES string of the molecule is COC(=O)CC1CCCCN1c1ncc(F)cc1F. The molecule has 6 heteroatoms. The molecule has 0 N–H and O–H groups in total. The number of pyridine rings is 1. The first-order valence-electron chi connectivity index (χ1n) is 6.26. The second kappa shape index (κ2) is 5.95. The van der Waals surface area contributed by atoms with Crippen LogP contribution in [0.5, 0.6) is 0 Å². The highest BCUT2D eigenvalue weighted by Crippen LogP contribution is 2.27. The van der Waals surface area contributed by atoms with Crippen molar-refractivity contribution in [2.45, 2.75) is 31.7 Å². The summed E-state index contributed by atoms with van der Waals surface area (Å²) < 4.78 is 31.3. The molecule has 4 nitrogen and oxygen atoms in total. The minimum atomic E-state index is -0.706. The summed E-state index contributed by atoms with van der Waals surface area (Å²) >= 11 is 0. The van der Waals surface area contributed by atoms with Crippen LogP contribution < -0.4 is 4.90 Å². The van der Waals surface area contributed by atoms with Crippen LogP contribution in [0.1, 0.15) is 25.7 Å². The first-order chi connectivity index (χ1) is 9.11. The van der Waals surface area contributed by atoms with Gasteiger partial charge >= 0.3 is 5.97 Å². The molecule has 1 aromatic heterocycles. The molecule has 2 rings (SSSR count). The largest absolute Gasteiger partial charge is 0.469 e. The molecule has 1 aliphatic heterocycles. The highest BCUT2D eigenvalue weighted by Gasteiger charge is 2.28. The van der Waals surface area contributed by atoms with Crippen molar-refractivity contribution in [1.82, 2.24) is 4.98 Å². The Morgan fingerprint density at radius 3 is 3.00 bits per heavy atom. The number of carbonyl (C=O) groups excluding carboxylic acids is 1. The third kappa shape index (κ3) is 3.19. The second-order valence-electron chi connectivity index (χ2n) is 4.58. The van der Waals surface area contributed by atoms with Crippen LogP contribution in [-0.2, 0) is 9.53 Å². The Labute approximate surface area is 110 Å². The highest BCUT2D eigenvalue weighted by molar-refractivity contribution is 5.70. The van der Waals surface area contributed by atoms with E-state index < -0.39 is 11.6 Å². The first kappa shape index (κ1) is 13.7. The van der Waals surface area contributed by atoms with Crippen LogP contribution in [0, 0.1) is 11.6 Å². The van der Waals surface area contributed by atoms with Gasteiger partial charge in [0.25, 0.3) is 0 Å². The summed E-state index contributed by atoms with van der Waals surface area (Å²) in [5.41, 5.74) is 0. The van der Waals surface area contributed by atoms with Gasteiger partial charge in [0.05, 0.1) is 19.7 Å². The molecule has 0 bridgehead atoms. The molecule has 1 aliphatic rings. The van der Waals surface area contributed by atoms with Crippen molar-refractivity contribution in [3.05, 3.63) is 23.9 Å². The monoisotopic (exact) mass is 270 g/mol. The van der Waals surface area contributed by atoms with Crippen molar-refractivity contribution in [2.75, 3.05) is 18.6 Å². The molecule has 0 aromatic carbocycles. The molecule has 1 unspecified atom stereocenters. The van der Waals surface area contributed by atoms with Gasteiger partial charge in [0.1, 0.15) is 5.82 Å². The van der Waals surface area contributed by atoms with Crippen LogP contribution in [0.4, 0.5) is 14.6 Å². The lowest BCUT2D eigenvalue weighted by molar-refractivity contribution is -0.141. The smallest absolute Gasteiger partial charge is 0.307 e. The normalized spacial score (nSPS) is 19.3. The van der Waals surface area contributed by atoms with Gasteiger partial charge in [0, 0.05) is 18.7 Å². The zero-order valence-electron chi connectivity index (χ0n) is 10.7. The number of ether oxygens (including phenoxy) is 1. The molecule has 0 radical (unpaired) electrons. The van der Waals surface area contributed by atoms with E-state index in [1.54, 1.807) is 4.90 Å². The third-order valence-electron chi connectivity index (χ3n) is 3.32. The Balaban J connectivity index is 2.21. The zero-order valence-corrected chi connectivity index (χ0v) is 10.7. The Morgan fingerprint density at radius 1 is 1.53 bits per heavy atom. The number of methoxy groups -OCH3 is 1. The van der Waals surface area contributed by atoms with Crippen molar-refractivity contribution in [3.63, 3.8) is 0 Å². The summed E-state index contributed by atoms with van der Waals surface area (Å²) in [6, 6.07) is 0.667. The Morgan fingerprint density at radius 2 is 2.32 bits per heavy atom. The summed E-state index contributed by atoms with van der Waals surface area (Å²) in [5, 5.41) is 0. The lowest BCUT2D eigenvalue weighted by Gasteiger charge is -2.36. The van der Waals surface area contributed by atoms with Crippen LogP contribution in [0.25, 0.3) is 0 Å². The van der Waals surface area contributed by atoms with Gasteiger partial charge in [-0.3, -0.25) is 4.79 Å². The number of anilines is 1. The van der Waals surface area contributed by atoms with Crippen LogP contribution in [0.2, 0.25) is 0 Å². The van der Waals surface area contributed by atoms with Crippen LogP contribution in [0.3, 0.4) is 0 Å². The minimum Gasteiger partial charge on any atom is -0.469 e. The molecule has 1 saturated heterocycles. The predicted octanol–water partition coefficient (Wildman–Crippen LogP) is 2.28.